The molecule has 0 aliphatic rings. The van der Waals surface area contributed by atoms with Crippen LogP contribution in [0.4, 0.5) is 0 Å². The fourth-order valence-corrected chi connectivity index (χ4v) is 31.5. The van der Waals surface area contributed by atoms with Crippen LogP contribution in [0.3, 0.4) is 0 Å². The third-order valence-electron chi connectivity index (χ3n) is 4.43. The summed E-state index contributed by atoms with van der Waals surface area (Å²) in [6, 6.07) is 0. The second kappa shape index (κ2) is 18.4. The minimum atomic E-state index is -3.14. The Morgan fingerprint density at radius 3 is 1.42 bits per heavy atom. The van der Waals surface area contributed by atoms with E-state index in [4.69, 9.17) is 29.4 Å². The van der Waals surface area contributed by atoms with E-state index in [1.165, 1.54) is 7.11 Å². The first kappa shape index (κ1) is 33.2. The highest BCUT2D eigenvalue weighted by Crippen LogP contribution is 2.39. The van der Waals surface area contributed by atoms with E-state index in [-0.39, 0.29) is 23.8 Å². The van der Waals surface area contributed by atoms with Crippen LogP contribution >= 0.6 is 0 Å². The summed E-state index contributed by atoms with van der Waals surface area (Å²) in [5, 5.41) is -0.318. The van der Waals surface area contributed by atoms with E-state index in [9.17, 15) is 9.59 Å². The topological polar surface area (TPSA) is 108 Å². The molecule has 0 aliphatic carbocycles. The maximum atomic E-state index is 12.3. The minimum absolute atomic E-state index is 0.0494. The third-order valence-corrected chi connectivity index (χ3v) is 25.4. The summed E-state index contributed by atoms with van der Waals surface area (Å²) in [6.45, 7) is 16.0. The van der Waals surface area contributed by atoms with E-state index in [1.807, 2.05) is 0 Å². The van der Waals surface area contributed by atoms with Crippen molar-refractivity contribution in [2.75, 3.05) is 13.7 Å². The predicted octanol–water partition coefficient (Wildman–Crippen LogP) is -2.28. The van der Waals surface area contributed by atoms with Crippen molar-refractivity contribution in [3.63, 3.8) is 0 Å². The molecule has 194 valence electrons. The Morgan fingerprint density at radius 2 is 1.12 bits per heavy atom. The molecule has 0 aromatic carbocycles. The molecule has 18 heteroatoms. The van der Waals surface area contributed by atoms with Gasteiger partial charge in [0.15, 0.2) is 0 Å². The van der Waals surface area contributed by atoms with Crippen molar-refractivity contribution in [1.29, 1.82) is 0 Å². The average Bonchev–Trinajstić information content (AvgIpc) is 2.77. The molecular weight excluding hydrogens is 565 g/mol. The first-order valence-electron chi connectivity index (χ1n) is 11.5. The maximum absolute atomic E-state index is 12.3. The molecule has 0 N–H and O–H groups in total. The molecule has 0 unspecified atom stereocenters. The van der Waals surface area contributed by atoms with Crippen LogP contribution in [-0.4, -0.2) is 102 Å². The zero-order valence-electron chi connectivity index (χ0n) is 21.2. The van der Waals surface area contributed by atoms with Crippen LogP contribution in [0.2, 0.25) is 44.4 Å². The minimum Gasteiger partial charge on any atom is -0.466 e. The molecule has 0 radical (unpaired) electrons. The normalized spacial score (nSPS) is 18.0. The summed E-state index contributed by atoms with van der Waals surface area (Å²) in [6.07, 6.45) is 0.177. The van der Waals surface area contributed by atoms with Crippen LogP contribution in [0, 0.1) is 0 Å². The van der Waals surface area contributed by atoms with Gasteiger partial charge in [0.1, 0.15) is 58.6 Å². The summed E-state index contributed by atoms with van der Waals surface area (Å²) in [4.78, 5) is 23.8. The molecule has 0 rings (SSSR count). The van der Waals surface area contributed by atoms with Crippen molar-refractivity contribution in [1.82, 2.24) is 0 Å². The highest BCUT2D eigenvalue weighted by Gasteiger charge is 2.63. The molecule has 0 spiro atoms. The molecule has 0 fully saturated rings. The van der Waals surface area contributed by atoms with Crippen molar-refractivity contribution in [2.24, 2.45) is 0 Å². The van der Waals surface area contributed by atoms with Crippen LogP contribution in [0.5, 0.6) is 0 Å². The SMILES string of the molecule is C=C(CC(=O)OCCC([Si](O[SiH2]C)(O[SiH2]C)O[SiH2]C)[Si](O[SiH2]C)(O[SiH2]C)O[SiH2]C)C(=O)OC. The lowest BCUT2D eigenvalue weighted by Crippen LogP contribution is -2.65. The number of esters is 2. The van der Waals surface area contributed by atoms with Gasteiger partial charge < -0.3 is 34.2 Å². The second-order valence-corrected chi connectivity index (χ2v) is 21.4. The number of hydrogen-bond acceptors (Lipinski definition) is 10. The number of methoxy groups -OCH3 is 1. The molecule has 0 atom stereocenters. The molecule has 33 heavy (non-hydrogen) atoms. The molecule has 0 saturated heterocycles. The zero-order chi connectivity index (χ0) is 25.3. The lowest BCUT2D eigenvalue weighted by molar-refractivity contribution is -0.145. The van der Waals surface area contributed by atoms with Gasteiger partial charge in [-0.05, 0) is 6.42 Å². The van der Waals surface area contributed by atoms with E-state index in [1.54, 1.807) is 0 Å². The number of rotatable bonds is 20. The summed E-state index contributed by atoms with van der Waals surface area (Å²) < 4.78 is 48.5. The first-order chi connectivity index (χ1) is 15.8. The Kier molecular flexibility index (Phi) is 18.5. The van der Waals surface area contributed by atoms with Crippen LogP contribution in [0.25, 0.3) is 0 Å². The van der Waals surface area contributed by atoms with E-state index in [2.05, 4.69) is 50.6 Å². The molecule has 0 amide bonds. The van der Waals surface area contributed by atoms with Gasteiger partial charge in [-0.1, -0.05) is 45.9 Å². The van der Waals surface area contributed by atoms with Gasteiger partial charge in [-0.3, -0.25) is 4.79 Å². The van der Waals surface area contributed by atoms with Crippen molar-refractivity contribution in [3.8, 4) is 0 Å². The van der Waals surface area contributed by atoms with Gasteiger partial charge in [0.05, 0.1) is 25.3 Å². The Morgan fingerprint density at radius 1 is 0.758 bits per heavy atom. The lowest BCUT2D eigenvalue weighted by Gasteiger charge is -2.44. The van der Waals surface area contributed by atoms with Crippen LogP contribution in [-0.2, 0) is 43.8 Å². The Balaban J connectivity index is 6.00. The highest BCUT2D eigenvalue weighted by molar-refractivity contribution is 6.90. The Hall–Kier alpha value is 0.175. The third kappa shape index (κ3) is 10.8. The Bertz CT molecular complexity index is 539. The quantitative estimate of drug-likeness (QED) is 0.0854. The van der Waals surface area contributed by atoms with Gasteiger partial charge >= 0.3 is 29.5 Å². The fourth-order valence-electron chi connectivity index (χ4n) is 3.36. The standard InChI is InChI=1S/C15H42O10Si8/c1-12(15(17)18-2)11-13(16)19-10-9-14(32(20-26-3,21-27-4)22-28-5)33(23-29-6,24-30-7)25-31-8/h14H,1,9-11,26-31H2,2-8H3. The van der Waals surface area contributed by atoms with E-state index in [0.29, 0.717) is 6.42 Å². The number of carbonyl (C=O) groups is 2. The smallest absolute Gasteiger partial charge is 0.466 e. The maximum Gasteiger partial charge on any atom is 0.476 e. The van der Waals surface area contributed by atoms with Crippen molar-refractivity contribution in [3.05, 3.63) is 12.2 Å². The predicted molar refractivity (Wildman–Crippen MR) is 150 cm³/mol. The van der Waals surface area contributed by atoms with Gasteiger partial charge in [0.25, 0.3) is 0 Å². The van der Waals surface area contributed by atoms with Gasteiger partial charge in [-0.2, -0.15) is 0 Å². The lowest BCUT2D eigenvalue weighted by atomic mass is 10.2. The van der Waals surface area contributed by atoms with Gasteiger partial charge in [0, 0.05) is 5.57 Å². The molecule has 0 aromatic heterocycles. The van der Waals surface area contributed by atoms with Crippen LogP contribution in [0.1, 0.15) is 12.8 Å². The average molecular weight is 607 g/mol. The zero-order valence-corrected chi connectivity index (χ0v) is 31.7. The van der Waals surface area contributed by atoms with Crippen LogP contribution < -0.4 is 0 Å². The van der Waals surface area contributed by atoms with Crippen molar-refractivity contribution in [2.45, 2.75) is 57.3 Å². The number of carbonyl (C=O) groups excluding carboxylic acids is 2. The summed E-state index contributed by atoms with van der Waals surface area (Å²) in [7, 11) is -10.2. The monoisotopic (exact) mass is 606 g/mol. The first-order valence-corrected chi connectivity index (χ1v) is 27.1. The van der Waals surface area contributed by atoms with Gasteiger partial charge in [-0.25, -0.2) is 4.79 Å². The van der Waals surface area contributed by atoms with E-state index < -0.39 is 88.1 Å². The Labute approximate surface area is 214 Å². The summed E-state index contributed by atoms with van der Waals surface area (Å²) in [5.74, 6) is -1.18. The molecule has 0 saturated carbocycles. The van der Waals surface area contributed by atoms with Crippen molar-refractivity contribution < 1.29 is 43.8 Å². The van der Waals surface area contributed by atoms with E-state index >= 15 is 0 Å². The molecule has 0 aromatic rings. The van der Waals surface area contributed by atoms with Gasteiger partial charge in [-0.15, -0.1) is 0 Å². The van der Waals surface area contributed by atoms with Gasteiger partial charge in [0.2, 0.25) is 0 Å². The number of hydrogen-bond donors (Lipinski definition) is 0. The molecule has 0 aliphatic heterocycles. The fraction of sp³-hybridized carbons (Fsp3) is 0.733. The summed E-state index contributed by atoms with van der Waals surface area (Å²) in [5.41, 5.74) is 0.0494. The number of ether oxygens (including phenoxy) is 2. The van der Waals surface area contributed by atoms with E-state index in [0.717, 1.165) is 0 Å². The summed E-state index contributed by atoms with van der Waals surface area (Å²) >= 11 is 0. The largest absolute Gasteiger partial charge is 0.476 e. The molecule has 0 heterocycles. The molecule has 10 nitrogen and oxygen atoms in total. The van der Waals surface area contributed by atoms with Crippen molar-refractivity contribution >= 4 is 88.1 Å². The second-order valence-electron chi connectivity index (χ2n) is 6.64. The highest BCUT2D eigenvalue weighted by atomic mass is 28.5. The van der Waals surface area contributed by atoms with Crippen LogP contribution in [0.15, 0.2) is 12.2 Å². The molecular formula is C15H42O10Si8. The molecule has 0 bridgehead atoms.